The van der Waals surface area contributed by atoms with Gasteiger partial charge >= 0.3 is 0 Å². The molecule has 1 saturated carbocycles. The average Bonchev–Trinajstić information content (AvgIpc) is 2.73. The maximum atomic E-state index is 13.9. The maximum Gasteiger partial charge on any atom is 0.274 e. The number of aliphatic hydroxyl groups is 1. The highest BCUT2D eigenvalue weighted by atomic mass is 19.1. The minimum absolute atomic E-state index is 0.0160. The number of hydrogen-bond acceptors (Lipinski definition) is 5. The fraction of sp³-hybridized carbons (Fsp3) is 0.458. The van der Waals surface area contributed by atoms with Gasteiger partial charge in [0, 0.05) is 37.9 Å². The van der Waals surface area contributed by atoms with E-state index in [9.17, 15) is 33.4 Å². The Morgan fingerprint density at radius 3 is 2.55 bits per heavy atom. The van der Waals surface area contributed by atoms with Gasteiger partial charge in [-0.05, 0) is 50.7 Å². The quantitative estimate of drug-likeness (QED) is 0.646. The van der Waals surface area contributed by atoms with Gasteiger partial charge < -0.3 is 19.7 Å². The van der Waals surface area contributed by atoms with Gasteiger partial charge in [0.15, 0.2) is 17.2 Å². The second-order valence-corrected chi connectivity index (χ2v) is 9.31. The highest BCUT2D eigenvalue weighted by Gasteiger charge is 2.52. The van der Waals surface area contributed by atoms with Crippen LogP contribution < -0.4 is 5.43 Å². The Morgan fingerprint density at radius 1 is 1.24 bits per heavy atom. The molecule has 0 unspecified atom stereocenters. The number of fused-ring (bicyclic) bond motifs is 2. The van der Waals surface area contributed by atoms with Gasteiger partial charge in [-0.15, -0.1) is 0 Å². The maximum absolute atomic E-state index is 13.9. The summed E-state index contributed by atoms with van der Waals surface area (Å²) in [5, 5.41) is 20.2. The molecule has 2 heterocycles. The monoisotopic (exact) mass is 460 g/mol. The third-order valence-corrected chi connectivity index (χ3v) is 6.78. The van der Waals surface area contributed by atoms with Gasteiger partial charge in [-0.1, -0.05) is 6.07 Å². The van der Waals surface area contributed by atoms with Crippen LogP contribution in [-0.2, 0) is 12.0 Å². The second-order valence-electron chi connectivity index (χ2n) is 9.31. The molecule has 0 atom stereocenters. The van der Waals surface area contributed by atoms with E-state index in [1.54, 1.807) is 4.90 Å². The lowest BCUT2D eigenvalue weighted by Gasteiger charge is -2.55. The fourth-order valence-electron chi connectivity index (χ4n) is 4.97. The van der Waals surface area contributed by atoms with E-state index in [0.29, 0.717) is 19.4 Å². The number of amides is 1. The number of ketones is 1. The number of halogens is 2. The van der Waals surface area contributed by atoms with E-state index in [1.165, 1.54) is 16.8 Å². The highest BCUT2D eigenvalue weighted by Crippen LogP contribution is 2.48. The van der Waals surface area contributed by atoms with Crippen LogP contribution in [0.1, 0.15) is 59.5 Å². The number of carbonyl (C=O) groups is 2. The van der Waals surface area contributed by atoms with E-state index in [2.05, 4.69) is 0 Å². The van der Waals surface area contributed by atoms with Crippen LogP contribution in [0.5, 0.6) is 5.75 Å². The predicted octanol–water partition coefficient (Wildman–Crippen LogP) is 2.61. The van der Waals surface area contributed by atoms with Crippen molar-refractivity contribution in [2.45, 2.75) is 51.1 Å². The third-order valence-electron chi connectivity index (χ3n) is 6.78. The number of nitrogens with zero attached hydrogens (tertiary/aromatic N) is 2. The third kappa shape index (κ3) is 3.84. The number of aliphatic hydroxyl groups excluding tert-OH is 1. The van der Waals surface area contributed by atoms with Gasteiger partial charge in [0.2, 0.25) is 5.43 Å². The molecular formula is C24H26F2N2O5. The lowest BCUT2D eigenvalue weighted by molar-refractivity contribution is -0.0211. The van der Waals surface area contributed by atoms with Gasteiger partial charge in [0.25, 0.3) is 5.91 Å². The molecule has 0 radical (unpaired) electrons. The number of benzene rings is 1. The SMILES string of the molecule is CC(C)N1CC2(CC(CO)C2)n2cc(C(=O)CCc3ccc(F)cc3F)c(=O)c(O)c2C1=O. The summed E-state index contributed by atoms with van der Waals surface area (Å²) < 4.78 is 28.6. The molecule has 7 nitrogen and oxygen atoms in total. The smallest absolute Gasteiger partial charge is 0.274 e. The zero-order valence-corrected chi connectivity index (χ0v) is 18.5. The second kappa shape index (κ2) is 8.37. The first-order valence-corrected chi connectivity index (χ1v) is 11.0. The van der Waals surface area contributed by atoms with Crippen molar-refractivity contribution < 1.29 is 28.6 Å². The molecule has 9 heteroatoms. The molecule has 1 aromatic carbocycles. The van der Waals surface area contributed by atoms with Crippen LogP contribution >= 0.6 is 0 Å². The molecule has 1 aromatic heterocycles. The molecule has 1 aliphatic heterocycles. The molecule has 176 valence electrons. The zero-order chi connectivity index (χ0) is 24.1. The number of hydrogen-bond donors (Lipinski definition) is 2. The Kier molecular flexibility index (Phi) is 5.86. The summed E-state index contributed by atoms with van der Waals surface area (Å²) in [4.78, 5) is 40.4. The van der Waals surface area contributed by atoms with Crippen LogP contribution in [0.2, 0.25) is 0 Å². The normalized spacial score (nSPS) is 21.9. The molecule has 0 saturated heterocycles. The molecule has 2 aliphatic rings. The Hall–Kier alpha value is -3.07. The van der Waals surface area contributed by atoms with Crippen molar-refractivity contribution in [3.8, 4) is 5.75 Å². The van der Waals surface area contributed by atoms with E-state index in [4.69, 9.17) is 0 Å². The Labute approximate surface area is 189 Å². The van der Waals surface area contributed by atoms with E-state index in [0.717, 1.165) is 12.1 Å². The molecule has 2 N–H and O–H groups in total. The molecule has 0 bridgehead atoms. The summed E-state index contributed by atoms with van der Waals surface area (Å²) in [6.07, 6.45) is 2.11. The molecule has 1 aliphatic carbocycles. The Bertz CT molecular complexity index is 1180. The van der Waals surface area contributed by atoms with Crippen LogP contribution in [-0.4, -0.2) is 50.6 Å². The molecule has 2 aromatic rings. The summed E-state index contributed by atoms with van der Waals surface area (Å²) >= 11 is 0. The number of pyridine rings is 1. The number of Topliss-reactive ketones (excluding diaryl/α,β-unsaturated/α-hetero) is 1. The molecule has 1 fully saturated rings. The minimum atomic E-state index is -0.946. The van der Waals surface area contributed by atoms with E-state index >= 15 is 0 Å². The van der Waals surface area contributed by atoms with Gasteiger partial charge in [-0.25, -0.2) is 8.78 Å². The standard InChI is InChI=1S/C24H26F2N2O5/c1-13(2)27-12-24(8-14(9-24)11-29)28-10-17(21(31)22(32)20(28)23(27)33)19(30)6-4-15-3-5-16(25)7-18(15)26/h3,5,7,10,13-14,29,32H,4,6,8-9,11-12H2,1-2H3. The minimum Gasteiger partial charge on any atom is -0.503 e. The largest absolute Gasteiger partial charge is 0.503 e. The molecule has 1 amide bonds. The summed E-state index contributed by atoms with van der Waals surface area (Å²) in [5.74, 6) is -3.38. The molecule has 4 rings (SSSR count). The van der Waals surface area contributed by atoms with Crippen LogP contribution in [0.3, 0.4) is 0 Å². The topological polar surface area (TPSA) is 99.8 Å². The summed E-state index contributed by atoms with van der Waals surface area (Å²) in [7, 11) is 0. The van der Waals surface area contributed by atoms with Crippen molar-refractivity contribution in [2.24, 2.45) is 5.92 Å². The number of aromatic hydroxyl groups is 1. The number of aromatic nitrogens is 1. The first-order valence-electron chi connectivity index (χ1n) is 11.0. The van der Waals surface area contributed by atoms with Gasteiger partial charge in [-0.2, -0.15) is 0 Å². The molecular weight excluding hydrogens is 434 g/mol. The van der Waals surface area contributed by atoms with Crippen LogP contribution in [0.25, 0.3) is 0 Å². The van der Waals surface area contributed by atoms with Crippen LogP contribution in [0.4, 0.5) is 8.78 Å². The van der Waals surface area contributed by atoms with Gasteiger partial charge in [0.05, 0.1) is 11.1 Å². The van der Waals surface area contributed by atoms with E-state index in [1.807, 2.05) is 13.8 Å². The summed E-state index contributed by atoms with van der Waals surface area (Å²) in [5.41, 5.74) is -1.88. The predicted molar refractivity (Wildman–Crippen MR) is 115 cm³/mol. The highest BCUT2D eigenvalue weighted by molar-refractivity contribution is 6.00. The van der Waals surface area contributed by atoms with E-state index in [-0.39, 0.29) is 48.2 Å². The van der Waals surface area contributed by atoms with Crippen LogP contribution in [0.15, 0.2) is 29.2 Å². The van der Waals surface area contributed by atoms with E-state index < -0.39 is 40.0 Å². The molecule has 33 heavy (non-hydrogen) atoms. The van der Waals surface area contributed by atoms with Crippen molar-refractivity contribution in [1.29, 1.82) is 0 Å². The first-order chi connectivity index (χ1) is 15.6. The fourth-order valence-corrected chi connectivity index (χ4v) is 4.97. The van der Waals surface area contributed by atoms with Gasteiger partial charge in [-0.3, -0.25) is 14.4 Å². The zero-order valence-electron chi connectivity index (χ0n) is 18.5. The average molecular weight is 460 g/mol. The molecule has 1 spiro atoms. The van der Waals surface area contributed by atoms with Crippen LogP contribution in [0, 0.1) is 17.6 Å². The van der Waals surface area contributed by atoms with Gasteiger partial charge in [0.1, 0.15) is 11.6 Å². The lowest BCUT2D eigenvalue weighted by Crippen LogP contribution is -2.62. The van der Waals surface area contributed by atoms with Crippen molar-refractivity contribution in [1.82, 2.24) is 9.47 Å². The number of rotatable bonds is 6. The first kappa shape index (κ1) is 23.1. The summed E-state index contributed by atoms with van der Waals surface area (Å²) in [6.45, 7) is 3.99. The van der Waals surface area contributed by atoms with Crippen molar-refractivity contribution in [2.75, 3.05) is 13.2 Å². The van der Waals surface area contributed by atoms with Crippen molar-refractivity contribution >= 4 is 11.7 Å². The Balaban J connectivity index is 1.71. The van der Waals surface area contributed by atoms with Crippen molar-refractivity contribution in [3.05, 3.63) is 63.1 Å². The van der Waals surface area contributed by atoms with Crippen molar-refractivity contribution in [3.63, 3.8) is 0 Å². The lowest BCUT2D eigenvalue weighted by atomic mass is 9.66. The number of carbonyl (C=O) groups excluding carboxylic acids is 2. The number of aryl methyl sites for hydroxylation is 1. The summed E-state index contributed by atoms with van der Waals surface area (Å²) in [6, 6.07) is 2.89. The Morgan fingerprint density at radius 2 is 1.94 bits per heavy atom.